The number of hydrogen-bond donors (Lipinski definition) is 1. The maximum absolute atomic E-state index is 5.85. The smallest absolute Gasteiger partial charge is 0.0902 e. The van der Waals surface area contributed by atoms with E-state index in [4.69, 9.17) is 4.74 Å². The van der Waals surface area contributed by atoms with Gasteiger partial charge in [-0.1, -0.05) is 20.8 Å². The van der Waals surface area contributed by atoms with Crippen LogP contribution >= 0.6 is 0 Å². The third-order valence-electron chi connectivity index (χ3n) is 2.67. The number of likely N-dealkylation sites (N-methyl/N-ethyl adjacent to an activating group) is 1. The molecule has 3 heteroatoms. The molecule has 0 unspecified atom stereocenters. The highest BCUT2D eigenvalue weighted by Gasteiger charge is 2.32. The van der Waals surface area contributed by atoms with E-state index in [1.165, 1.54) is 0 Å². The second-order valence-electron chi connectivity index (χ2n) is 6.20. The summed E-state index contributed by atoms with van der Waals surface area (Å²) in [5.74, 6) is 0. The number of nitrogens with zero attached hydrogens (tertiary/aromatic N) is 1. The zero-order valence-electron chi connectivity index (χ0n) is 10.9. The minimum absolute atomic E-state index is 0.0998. The van der Waals surface area contributed by atoms with E-state index in [0.29, 0.717) is 5.41 Å². The van der Waals surface area contributed by atoms with Crippen molar-refractivity contribution in [2.45, 2.75) is 33.3 Å². The van der Waals surface area contributed by atoms with Gasteiger partial charge in [-0.25, -0.2) is 0 Å². The molecule has 0 bridgehead atoms. The van der Waals surface area contributed by atoms with Gasteiger partial charge in [-0.2, -0.15) is 0 Å². The third kappa shape index (κ3) is 4.96. The second kappa shape index (κ2) is 4.81. The van der Waals surface area contributed by atoms with Crippen LogP contribution in [-0.2, 0) is 4.74 Å². The standard InChI is InChI=1S/C12H26N2O/c1-11(2,3)10-14(5)6-7-15-12(4)8-13-9-12/h13H,6-10H2,1-5H3. The van der Waals surface area contributed by atoms with Gasteiger partial charge in [-0.15, -0.1) is 0 Å². The molecular formula is C12H26N2O. The Kier molecular flexibility index (Phi) is 4.15. The summed E-state index contributed by atoms with van der Waals surface area (Å²) in [4.78, 5) is 2.34. The Morgan fingerprint density at radius 1 is 1.33 bits per heavy atom. The van der Waals surface area contributed by atoms with Crippen molar-refractivity contribution in [1.29, 1.82) is 0 Å². The maximum atomic E-state index is 5.85. The van der Waals surface area contributed by atoms with Gasteiger partial charge in [0.15, 0.2) is 0 Å². The van der Waals surface area contributed by atoms with Gasteiger partial charge < -0.3 is 15.0 Å². The minimum atomic E-state index is 0.0998. The molecule has 1 rings (SSSR count). The molecule has 1 N–H and O–H groups in total. The summed E-state index contributed by atoms with van der Waals surface area (Å²) in [5, 5.41) is 3.24. The summed E-state index contributed by atoms with van der Waals surface area (Å²) < 4.78 is 5.85. The Balaban J connectivity index is 2.09. The predicted molar refractivity (Wildman–Crippen MR) is 64.2 cm³/mol. The first kappa shape index (κ1) is 12.9. The molecule has 15 heavy (non-hydrogen) atoms. The van der Waals surface area contributed by atoms with Crippen LogP contribution in [0.2, 0.25) is 0 Å². The lowest BCUT2D eigenvalue weighted by Gasteiger charge is -2.39. The van der Waals surface area contributed by atoms with Crippen LogP contribution in [0.25, 0.3) is 0 Å². The van der Waals surface area contributed by atoms with Gasteiger partial charge >= 0.3 is 0 Å². The second-order valence-corrected chi connectivity index (χ2v) is 6.20. The average molecular weight is 214 g/mol. The van der Waals surface area contributed by atoms with E-state index >= 15 is 0 Å². The van der Waals surface area contributed by atoms with Gasteiger partial charge in [0.2, 0.25) is 0 Å². The molecule has 1 fully saturated rings. The summed E-state index contributed by atoms with van der Waals surface area (Å²) in [6.45, 7) is 13.9. The summed E-state index contributed by atoms with van der Waals surface area (Å²) in [6, 6.07) is 0. The Bertz CT molecular complexity index is 194. The third-order valence-corrected chi connectivity index (χ3v) is 2.67. The summed E-state index contributed by atoms with van der Waals surface area (Å²) in [6.07, 6.45) is 0. The molecule has 1 aliphatic heterocycles. The highest BCUT2D eigenvalue weighted by molar-refractivity contribution is 4.90. The van der Waals surface area contributed by atoms with E-state index in [1.54, 1.807) is 0 Å². The quantitative estimate of drug-likeness (QED) is 0.747. The highest BCUT2D eigenvalue weighted by Crippen LogP contribution is 2.16. The first-order valence-corrected chi connectivity index (χ1v) is 5.84. The molecule has 0 aromatic carbocycles. The first-order chi connectivity index (χ1) is 6.81. The monoisotopic (exact) mass is 214 g/mol. The minimum Gasteiger partial charge on any atom is -0.371 e. The van der Waals surface area contributed by atoms with Crippen LogP contribution in [0.4, 0.5) is 0 Å². The number of rotatable bonds is 5. The van der Waals surface area contributed by atoms with Crippen LogP contribution in [0, 0.1) is 5.41 Å². The summed E-state index contributed by atoms with van der Waals surface area (Å²) >= 11 is 0. The molecule has 0 aliphatic carbocycles. The lowest BCUT2D eigenvalue weighted by molar-refractivity contribution is -0.0718. The van der Waals surface area contributed by atoms with E-state index in [0.717, 1.165) is 32.8 Å². The van der Waals surface area contributed by atoms with Crippen LogP contribution in [0.15, 0.2) is 0 Å². The normalized spacial score (nSPS) is 20.4. The largest absolute Gasteiger partial charge is 0.371 e. The lowest BCUT2D eigenvalue weighted by atomic mass is 9.96. The topological polar surface area (TPSA) is 24.5 Å². The van der Waals surface area contributed by atoms with Crippen LogP contribution in [0.3, 0.4) is 0 Å². The van der Waals surface area contributed by atoms with E-state index in [9.17, 15) is 0 Å². The molecule has 1 aliphatic rings. The van der Waals surface area contributed by atoms with Gasteiger partial charge in [-0.3, -0.25) is 0 Å². The van der Waals surface area contributed by atoms with E-state index in [2.05, 4.69) is 45.0 Å². The van der Waals surface area contributed by atoms with Crippen molar-refractivity contribution in [3.8, 4) is 0 Å². The molecule has 90 valence electrons. The summed E-state index contributed by atoms with van der Waals surface area (Å²) in [7, 11) is 2.16. The molecule has 0 aromatic rings. The molecule has 0 spiro atoms. The van der Waals surface area contributed by atoms with Gasteiger partial charge in [0.25, 0.3) is 0 Å². The summed E-state index contributed by atoms with van der Waals surface area (Å²) in [5.41, 5.74) is 0.471. The van der Waals surface area contributed by atoms with E-state index < -0.39 is 0 Å². The van der Waals surface area contributed by atoms with Crippen molar-refractivity contribution >= 4 is 0 Å². The van der Waals surface area contributed by atoms with Gasteiger partial charge in [0, 0.05) is 26.2 Å². The van der Waals surface area contributed by atoms with Gasteiger partial charge in [0.1, 0.15) is 0 Å². The fourth-order valence-corrected chi connectivity index (χ4v) is 1.92. The van der Waals surface area contributed by atoms with Crippen LogP contribution < -0.4 is 5.32 Å². The Morgan fingerprint density at radius 2 is 1.93 bits per heavy atom. The predicted octanol–water partition coefficient (Wildman–Crippen LogP) is 1.34. The molecule has 1 saturated heterocycles. The Morgan fingerprint density at radius 3 is 2.33 bits per heavy atom. The molecule has 3 nitrogen and oxygen atoms in total. The van der Waals surface area contributed by atoms with Crippen molar-refractivity contribution in [1.82, 2.24) is 10.2 Å². The van der Waals surface area contributed by atoms with Crippen molar-refractivity contribution in [3.63, 3.8) is 0 Å². The van der Waals surface area contributed by atoms with Gasteiger partial charge in [-0.05, 0) is 19.4 Å². The van der Waals surface area contributed by atoms with Gasteiger partial charge in [0.05, 0.1) is 12.2 Å². The van der Waals surface area contributed by atoms with E-state index in [-0.39, 0.29) is 5.60 Å². The average Bonchev–Trinajstić information content (AvgIpc) is 1.97. The molecule has 0 saturated carbocycles. The zero-order valence-corrected chi connectivity index (χ0v) is 10.9. The molecule has 0 aromatic heterocycles. The van der Waals surface area contributed by atoms with E-state index in [1.807, 2.05) is 0 Å². The molecule has 0 atom stereocenters. The molecular weight excluding hydrogens is 188 g/mol. The zero-order chi connectivity index (χ0) is 11.5. The van der Waals surface area contributed by atoms with Crippen LogP contribution in [-0.4, -0.2) is 50.3 Å². The first-order valence-electron chi connectivity index (χ1n) is 5.84. The molecule has 1 heterocycles. The molecule has 0 amide bonds. The molecule has 0 radical (unpaired) electrons. The SMILES string of the molecule is CN(CCOC1(C)CNC1)CC(C)(C)C. The van der Waals surface area contributed by atoms with Crippen molar-refractivity contribution in [2.24, 2.45) is 5.41 Å². The number of ether oxygens (including phenoxy) is 1. The van der Waals surface area contributed by atoms with Crippen LogP contribution in [0.5, 0.6) is 0 Å². The Hall–Kier alpha value is -0.120. The van der Waals surface area contributed by atoms with Crippen molar-refractivity contribution < 1.29 is 4.74 Å². The van der Waals surface area contributed by atoms with Crippen LogP contribution in [0.1, 0.15) is 27.7 Å². The number of nitrogens with one attached hydrogen (secondary N) is 1. The Labute approximate surface area is 94.2 Å². The number of hydrogen-bond acceptors (Lipinski definition) is 3. The van der Waals surface area contributed by atoms with Crippen molar-refractivity contribution in [2.75, 3.05) is 39.8 Å². The fourth-order valence-electron chi connectivity index (χ4n) is 1.92. The van der Waals surface area contributed by atoms with Crippen molar-refractivity contribution in [3.05, 3.63) is 0 Å². The lowest BCUT2D eigenvalue weighted by Crippen LogP contribution is -2.59. The fraction of sp³-hybridized carbons (Fsp3) is 1.00. The maximum Gasteiger partial charge on any atom is 0.0902 e. The highest BCUT2D eigenvalue weighted by atomic mass is 16.5.